The maximum Gasteiger partial charge on any atom is 0.343 e. The molecular weight excluding hydrogens is 456 g/mol. The Hall–Kier alpha value is -3.59. The summed E-state index contributed by atoms with van der Waals surface area (Å²) in [5, 5.41) is 3.88. The zero-order chi connectivity index (χ0) is 21.5. The fourth-order valence-electron chi connectivity index (χ4n) is 2.39. The molecule has 1 heterocycles. The van der Waals surface area contributed by atoms with Crippen LogP contribution in [0.2, 0.25) is 0 Å². The lowest BCUT2D eigenvalue weighted by atomic mass is 10.2. The lowest BCUT2D eigenvalue weighted by Gasteiger charge is -2.10. The minimum atomic E-state index is -0.533. The van der Waals surface area contributed by atoms with Crippen LogP contribution in [0.5, 0.6) is 17.2 Å². The minimum Gasteiger partial charge on any atom is -0.497 e. The number of methoxy groups -OCH3 is 2. The van der Waals surface area contributed by atoms with E-state index in [4.69, 9.17) is 18.6 Å². The van der Waals surface area contributed by atoms with E-state index in [1.54, 1.807) is 55.6 Å². The molecule has 0 aliphatic carbocycles. The van der Waals surface area contributed by atoms with Crippen LogP contribution in [-0.2, 0) is 0 Å². The molecule has 0 fully saturated rings. The van der Waals surface area contributed by atoms with Crippen LogP contribution >= 0.6 is 15.9 Å². The quantitative estimate of drug-likeness (QED) is 0.241. The summed E-state index contributed by atoms with van der Waals surface area (Å²) in [5.41, 5.74) is 3.35. The lowest BCUT2D eigenvalue weighted by Crippen LogP contribution is -2.16. The summed E-state index contributed by atoms with van der Waals surface area (Å²) in [5.74, 6) is 0.321. The molecule has 9 heteroatoms. The van der Waals surface area contributed by atoms with Gasteiger partial charge in [-0.05, 0) is 76.1 Å². The molecule has 8 nitrogen and oxygen atoms in total. The summed E-state index contributed by atoms with van der Waals surface area (Å²) >= 11 is 3.13. The number of nitrogens with zero attached hydrogens (tertiary/aromatic N) is 1. The first-order valence-corrected chi connectivity index (χ1v) is 9.42. The third-order valence-corrected chi connectivity index (χ3v) is 4.32. The first kappa shape index (κ1) is 21.1. The van der Waals surface area contributed by atoms with Crippen LogP contribution in [0.1, 0.15) is 26.5 Å². The van der Waals surface area contributed by atoms with Crippen molar-refractivity contribution in [2.45, 2.75) is 0 Å². The van der Waals surface area contributed by atoms with Crippen LogP contribution < -0.4 is 19.6 Å². The van der Waals surface area contributed by atoms with Crippen LogP contribution in [0.15, 0.2) is 68.8 Å². The standard InChI is InChI=1S/C21H17BrN2O6/c1-27-15-6-4-14(5-7-15)21(26)30-16-8-3-13(11-18(16)28-2)12-23-24-20(25)17-9-10-19(22)29-17/h3-12H,1-2H3,(H,24,25). The van der Waals surface area contributed by atoms with E-state index in [2.05, 4.69) is 26.5 Å². The van der Waals surface area contributed by atoms with Crippen molar-refractivity contribution >= 4 is 34.0 Å². The normalized spacial score (nSPS) is 10.6. The molecule has 0 saturated carbocycles. The SMILES string of the molecule is COc1ccc(C(=O)Oc2ccc(C=NNC(=O)c3ccc(Br)o3)cc2OC)cc1. The number of amides is 1. The highest BCUT2D eigenvalue weighted by Crippen LogP contribution is 2.28. The van der Waals surface area contributed by atoms with Crippen molar-refractivity contribution in [1.82, 2.24) is 5.43 Å². The van der Waals surface area contributed by atoms with Gasteiger partial charge in [0.05, 0.1) is 26.0 Å². The molecule has 2 aromatic carbocycles. The van der Waals surface area contributed by atoms with Crippen molar-refractivity contribution in [3.8, 4) is 17.2 Å². The first-order chi connectivity index (χ1) is 14.5. The second-order valence-electron chi connectivity index (χ2n) is 5.83. The van der Waals surface area contributed by atoms with Gasteiger partial charge in [-0.25, -0.2) is 10.2 Å². The number of carbonyl (C=O) groups excluding carboxylic acids is 2. The number of hydrogen-bond donors (Lipinski definition) is 1. The van der Waals surface area contributed by atoms with Crippen molar-refractivity contribution in [2.75, 3.05) is 14.2 Å². The molecule has 0 bridgehead atoms. The number of rotatable bonds is 7. The van der Waals surface area contributed by atoms with Crippen LogP contribution in [0.3, 0.4) is 0 Å². The van der Waals surface area contributed by atoms with E-state index in [1.807, 2.05) is 0 Å². The van der Waals surface area contributed by atoms with Gasteiger partial charge >= 0.3 is 11.9 Å². The fourth-order valence-corrected chi connectivity index (χ4v) is 2.70. The molecule has 0 radical (unpaired) electrons. The Balaban J connectivity index is 1.66. The summed E-state index contributed by atoms with van der Waals surface area (Å²) in [6.07, 6.45) is 1.42. The Labute approximate surface area is 180 Å². The number of benzene rings is 2. The zero-order valence-electron chi connectivity index (χ0n) is 16.0. The number of carbonyl (C=O) groups is 2. The van der Waals surface area contributed by atoms with Crippen LogP contribution in [-0.4, -0.2) is 32.3 Å². The molecule has 3 rings (SSSR count). The average molecular weight is 473 g/mol. The number of ether oxygens (including phenoxy) is 3. The third kappa shape index (κ3) is 5.26. The van der Waals surface area contributed by atoms with Gasteiger partial charge in [0.2, 0.25) is 0 Å². The highest BCUT2D eigenvalue weighted by atomic mass is 79.9. The second kappa shape index (κ2) is 9.75. The number of halogens is 1. The molecule has 0 spiro atoms. The molecule has 1 N–H and O–H groups in total. The van der Waals surface area contributed by atoms with E-state index < -0.39 is 11.9 Å². The lowest BCUT2D eigenvalue weighted by molar-refractivity contribution is 0.0729. The number of furan rings is 1. The Morgan fingerprint density at radius 2 is 1.77 bits per heavy atom. The monoisotopic (exact) mass is 472 g/mol. The summed E-state index contributed by atoms with van der Waals surface area (Å²) in [6.45, 7) is 0. The Morgan fingerprint density at radius 1 is 1.00 bits per heavy atom. The highest BCUT2D eigenvalue weighted by molar-refractivity contribution is 9.10. The summed E-state index contributed by atoms with van der Waals surface area (Å²) in [6, 6.07) is 14.5. The molecule has 30 heavy (non-hydrogen) atoms. The van der Waals surface area contributed by atoms with Crippen molar-refractivity contribution in [2.24, 2.45) is 5.10 Å². The summed E-state index contributed by atoms with van der Waals surface area (Å²) in [4.78, 5) is 24.2. The minimum absolute atomic E-state index is 0.123. The van der Waals surface area contributed by atoms with Gasteiger partial charge in [-0.3, -0.25) is 4.79 Å². The number of hydrogen-bond acceptors (Lipinski definition) is 7. The fraction of sp³-hybridized carbons (Fsp3) is 0.0952. The van der Waals surface area contributed by atoms with Crippen LogP contribution in [0.25, 0.3) is 0 Å². The Morgan fingerprint density at radius 3 is 2.40 bits per heavy atom. The predicted octanol–water partition coefficient (Wildman–Crippen LogP) is 4.04. The van der Waals surface area contributed by atoms with E-state index in [0.29, 0.717) is 27.3 Å². The summed E-state index contributed by atoms with van der Waals surface area (Å²) < 4.78 is 21.4. The molecule has 0 saturated heterocycles. The largest absolute Gasteiger partial charge is 0.497 e. The summed E-state index contributed by atoms with van der Waals surface area (Å²) in [7, 11) is 3.00. The molecular formula is C21H17BrN2O6. The number of nitrogens with one attached hydrogen (secondary N) is 1. The molecule has 0 atom stereocenters. The van der Waals surface area contributed by atoms with Gasteiger partial charge < -0.3 is 18.6 Å². The van der Waals surface area contributed by atoms with Crippen LogP contribution in [0, 0.1) is 0 Å². The zero-order valence-corrected chi connectivity index (χ0v) is 17.6. The second-order valence-corrected chi connectivity index (χ2v) is 6.61. The maximum atomic E-state index is 12.3. The molecule has 0 aliphatic heterocycles. The van der Waals surface area contributed by atoms with E-state index in [1.165, 1.54) is 19.4 Å². The first-order valence-electron chi connectivity index (χ1n) is 8.63. The molecule has 1 amide bonds. The average Bonchev–Trinajstić information content (AvgIpc) is 3.21. The van der Waals surface area contributed by atoms with E-state index in [9.17, 15) is 9.59 Å². The Bertz CT molecular complexity index is 1080. The van der Waals surface area contributed by atoms with Gasteiger partial charge in [0.15, 0.2) is 21.9 Å². The van der Waals surface area contributed by atoms with Crippen molar-refractivity contribution in [3.05, 3.63) is 76.2 Å². The van der Waals surface area contributed by atoms with Gasteiger partial charge in [0, 0.05) is 0 Å². The highest BCUT2D eigenvalue weighted by Gasteiger charge is 2.13. The van der Waals surface area contributed by atoms with Crippen molar-refractivity contribution < 1.29 is 28.2 Å². The smallest absolute Gasteiger partial charge is 0.343 e. The molecule has 0 aliphatic rings. The molecule has 0 unspecified atom stereocenters. The number of esters is 1. The Kier molecular flexibility index (Phi) is 6.87. The number of hydrazone groups is 1. The van der Waals surface area contributed by atoms with E-state index in [0.717, 1.165) is 0 Å². The van der Waals surface area contributed by atoms with Gasteiger partial charge in [0.1, 0.15) is 5.75 Å². The van der Waals surface area contributed by atoms with E-state index in [-0.39, 0.29) is 11.5 Å². The van der Waals surface area contributed by atoms with Gasteiger partial charge in [-0.1, -0.05) is 0 Å². The van der Waals surface area contributed by atoms with Gasteiger partial charge in [0.25, 0.3) is 0 Å². The van der Waals surface area contributed by atoms with Crippen molar-refractivity contribution in [1.29, 1.82) is 0 Å². The molecule has 154 valence electrons. The van der Waals surface area contributed by atoms with Gasteiger partial charge in [-0.15, -0.1) is 0 Å². The maximum absolute atomic E-state index is 12.3. The molecule has 3 aromatic rings. The third-order valence-electron chi connectivity index (χ3n) is 3.89. The van der Waals surface area contributed by atoms with Crippen molar-refractivity contribution in [3.63, 3.8) is 0 Å². The van der Waals surface area contributed by atoms with E-state index >= 15 is 0 Å². The molecule has 1 aromatic heterocycles. The topological polar surface area (TPSA) is 99.4 Å². The van der Waals surface area contributed by atoms with Gasteiger partial charge in [-0.2, -0.15) is 5.10 Å². The predicted molar refractivity (Wildman–Crippen MR) is 112 cm³/mol. The van der Waals surface area contributed by atoms with Crippen LogP contribution in [0.4, 0.5) is 0 Å².